The van der Waals surface area contributed by atoms with E-state index in [0.717, 1.165) is 0 Å². The van der Waals surface area contributed by atoms with E-state index >= 15 is 0 Å². The smallest absolute Gasteiger partial charge is 0.363 e. The average molecular weight is 391 g/mol. The Labute approximate surface area is 158 Å². The van der Waals surface area contributed by atoms with Gasteiger partial charge in [0.2, 0.25) is 0 Å². The van der Waals surface area contributed by atoms with E-state index in [-0.39, 0.29) is 36.6 Å². The molecule has 148 valence electrons. The summed E-state index contributed by atoms with van der Waals surface area (Å²) in [6.45, 7) is 0.138. The number of phenols is 2. The first-order valence-electron chi connectivity index (χ1n) is 8.44. The summed E-state index contributed by atoms with van der Waals surface area (Å²) in [6, 6.07) is 0.684. The number of aliphatic carboxylic acids is 3. The number of allylic oxidation sites excluding steroid dienone is 1. The van der Waals surface area contributed by atoms with Crippen molar-refractivity contribution in [2.45, 2.75) is 24.9 Å². The van der Waals surface area contributed by atoms with Gasteiger partial charge in [-0.15, -0.1) is 0 Å². The van der Waals surface area contributed by atoms with Crippen LogP contribution in [0.15, 0.2) is 35.6 Å². The maximum atomic E-state index is 11.6. The minimum absolute atomic E-state index is 0.0464. The van der Waals surface area contributed by atoms with Crippen LogP contribution in [-0.4, -0.2) is 62.1 Å². The molecule has 1 unspecified atom stereocenters. The first kappa shape index (κ1) is 19.2. The second kappa shape index (κ2) is 7.24. The molecule has 28 heavy (non-hydrogen) atoms. The van der Waals surface area contributed by atoms with Gasteiger partial charge in [-0.1, -0.05) is 0 Å². The van der Waals surface area contributed by atoms with E-state index in [4.69, 9.17) is 5.11 Å². The molecule has 10 nitrogen and oxygen atoms in total. The zero-order valence-corrected chi connectivity index (χ0v) is 14.5. The highest BCUT2D eigenvalue weighted by molar-refractivity contribution is 5.89. The third-order valence-corrected chi connectivity index (χ3v) is 4.90. The highest BCUT2D eigenvalue weighted by atomic mass is 16.4. The summed E-state index contributed by atoms with van der Waals surface area (Å²) in [5.74, 6) is -4.24. The molecule has 0 fully saturated rings. The van der Waals surface area contributed by atoms with Crippen molar-refractivity contribution in [1.82, 2.24) is 5.32 Å². The molecular formula is C18H19N2O8+. The van der Waals surface area contributed by atoms with Gasteiger partial charge in [0.25, 0.3) is 0 Å². The minimum Gasteiger partial charge on any atom is -0.504 e. The van der Waals surface area contributed by atoms with Crippen molar-refractivity contribution in [1.29, 1.82) is 0 Å². The Morgan fingerprint density at radius 1 is 1.07 bits per heavy atom. The molecule has 2 aliphatic rings. The fraction of sp³-hybridized carbons (Fsp3) is 0.278. The van der Waals surface area contributed by atoms with Crippen molar-refractivity contribution in [3.63, 3.8) is 0 Å². The van der Waals surface area contributed by atoms with Gasteiger partial charge in [-0.3, -0.25) is 4.90 Å². The number of benzene rings is 1. The molecule has 2 aliphatic heterocycles. The molecule has 0 bridgehead atoms. The Hall–Kier alpha value is -3.53. The second-order valence-electron chi connectivity index (χ2n) is 6.70. The molecule has 3 rings (SSSR count). The maximum absolute atomic E-state index is 11.6. The van der Waals surface area contributed by atoms with Gasteiger partial charge in [0.15, 0.2) is 17.5 Å². The molecule has 0 spiro atoms. The van der Waals surface area contributed by atoms with Gasteiger partial charge in [0.05, 0.1) is 0 Å². The van der Waals surface area contributed by atoms with Crippen molar-refractivity contribution >= 4 is 23.6 Å². The van der Waals surface area contributed by atoms with Crippen molar-refractivity contribution in [2.24, 2.45) is 0 Å². The van der Waals surface area contributed by atoms with E-state index in [1.807, 2.05) is 0 Å². The number of aromatic hydroxyl groups is 2. The van der Waals surface area contributed by atoms with Gasteiger partial charge in [-0.05, 0) is 23.8 Å². The van der Waals surface area contributed by atoms with Crippen LogP contribution in [0.3, 0.4) is 0 Å². The van der Waals surface area contributed by atoms with Gasteiger partial charge in [0.1, 0.15) is 24.0 Å². The minimum atomic E-state index is -1.29. The Morgan fingerprint density at radius 3 is 2.36 bits per heavy atom. The van der Waals surface area contributed by atoms with E-state index in [1.54, 1.807) is 6.08 Å². The summed E-state index contributed by atoms with van der Waals surface area (Å²) in [5.41, 5.74) is 1.31. The molecule has 1 aromatic carbocycles. The van der Waals surface area contributed by atoms with Gasteiger partial charge in [-0.2, -0.15) is 0 Å². The van der Waals surface area contributed by atoms with Crippen LogP contribution in [0.4, 0.5) is 5.69 Å². The van der Waals surface area contributed by atoms with Gasteiger partial charge in [0, 0.05) is 24.5 Å². The number of hydrogen-bond donors (Lipinski definition) is 7. The highest BCUT2D eigenvalue weighted by Gasteiger charge is 2.40. The van der Waals surface area contributed by atoms with Gasteiger partial charge in [-0.25, -0.2) is 14.4 Å². The zero-order chi connectivity index (χ0) is 20.6. The van der Waals surface area contributed by atoms with Crippen LogP contribution in [0.5, 0.6) is 11.5 Å². The highest BCUT2D eigenvalue weighted by Crippen LogP contribution is 2.32. The van der Waals surface area contributed by atoms with E-state index in [0.29, 0.717) is 21.7 Å². The molecule has 3 atom stereocenters. The van der Waals surface area contributed by atoms with Crippen molar-refractivity contribution in [3.8, 4) is 11.5 Å². The Balaban J connectivity index is 1.92. The van der Waals surface area contributed by atoms with Crippen LogP contribution in [0, 0.1) is 0 Å². The summed E-state index contributed by atoms with van der Waals surface area (Å²) in [6.07, 6.45) is 3.13. The summed E-state index contributed by atoms with van der Waals surface area (Å²) in [7, 11) is 0. The van der Waals surface area contributed by atoms with Crippen molar-refractivity contribution in [3.05, 3.63) is 41.1 Å². The number of rotatable bonds is 5. The van der Waals surface area contributed by atoms with Crippen LogP contribution < -0.4 is 10.2 Å². The molecule has 7 N–H and O–H groups in total. The fourth-order valence-electron chi connectivity index (χ4n) is 3.52. The van der Waals surface area contributed by atoms with Crippen LogP contribution in [0.25, 0.3) is 0 Å². The molecule has 0 saturated heterocycles. The van der Waals surface area contributed by atoms with E-state index in [9.17, 15) is 34.8 Å². The molecule has 0 radical (unpaired) electrons. The van der Waals surface area contributed by atoms with Crippen LogP contribution in [-0.2, 0) is 20.8 Å². The van der Waals surface area contributed by atoms with Crippen LogP contribution in [0.2, 0.25) is 0 Å². The standard InChI is InChI=1S/C18H18N2O8/c21-14-6-9-5-13(18(27)28)20(12(9)7-15(14)22)2-1-8-3-10(16(23)24)19-11(4-8)17(25)26/h1,3,6-7,11,13,19,21-22H,2,4-5H2,(H,23,24)(H,25,26)(H,27,28)/p+1/b8-1+/t11-,13+/m1/s1. The summed E-state index contributed by atoms with van der Waals surface area (Å²) in [4.78, 5) is 34.6. The lowest BCUT2D eigenvalue weighted by Crippen LogP contribution is -3.11. The Kier molecular flexibility index (Phi) is 4.97. The summed E-state index contributed by atoms with van der Waals surface area (Å²) in [5, 5.41) is 49.7. The molecule has 2 heterocycles. The number of fused-ring (bicyclic) bond motifs is 1. The molecule has 0 saturated carbocycles. The monoisotopic (exact) mass is 391 g/mol. The third kappa shape index (κ3) is 3.62. The molecule has 0 aromatic heterocycles. The van der Waals surface area contributed by atoms with Crippen LogP contribution >= 0.6 is 0 Å². The zero-order valence-electron chi connectivity index (χ0n) is 14.5. The number of quaternary nitrogens is 1. The predicted molar refractivity (Wildman–Crippen MR) is 93.4 cm³/mol. The largest absolute Gasteiger partial charge is 0.504 e. The van der Waals surface area contributed by atoms with Crippen molar-refractivity contribution in [2.75, 3.05) is 6.54 Å². The topological polar surface area (TPSA) is 169 Å². The Morgan fingerprint density at radius 2 is 1.75 bits per heavy atom. The second-order valence-corrected chi connectivity index (χ2v) is 6.70. The SMILES string of the molecule is O=C(O)C1=C/C(=C\C[NH+]2c3cc(O)c(O)cc3C[C@H]2C(=O)O)C[C@H](C(=O)O)N1. The number of carboxylic acid groups (broad SMARTS) is 3. The quantitative estimate of drug-likeness (QED) is 0.245. The lowest BCUT2D eigenvalue weighted by atomic mass is 9.99. The third-order valence-electron chi connectivity index (χ3n) is 4.90. The summed E-state index contributed by atoms with van der Waals surface area (Å²) >= 11 is 0. The first-order chi connectivity index (χ1) is 13.2. The van der Waals surface area contributed by atoms with E-state index < -0.39 is 30.0 Å². The molecule has 0 aliphatic carbocycles. The first-order valence-corrected chi connectivity index (χ1v) is 8.44. The van der Waals surface area contributed by atoms with Gasteiger partial charge >= 0.3 is 17.9 Å². The van der Waals surface area contributed by atoms with Gasteiger partial charge < -0.3 is 30.8 Å². The number of nitrogens with one attached hydrogen (secondary N) is 2. The van der Waals surface area contributed by atoms with Crippen molar-refractivity contribution < 1.29 is 44.8 Å². The molecule has 0 amide bonds. The lowest BCUT2D eigenvalue weighted by Gasteiger charge is -2.23. The van der Waals surface area contributed by atoms with E-state index in [1.165, 1.54) is 18.2 Å². The number of phenolic OH excluding ortho intramolecular Hbond substituents is 2. The number of carbonyl (C=O) groups is 3. The molecule has 1 aromatic rings. The number of carboxylic acids is 3. The molecule has 10 heteroatoms. The average Bonchev–Trinajstić information content (AvgIpc) is 2.97. The lowest BCUT2D eigenvalue weighted by molar-refractivity contribution is -0.838. The number of hydrogen-bond acceptors (Lipinski definition) is 6. The maximum Gasteiger partial charge on any atom is 0.363 e. The predicted octanol–water partition coefficient (Wildman–Crippen LogP) is -1.04. The molecular weight excluding hydrogens is 372 g/mol. The normalized spacial score (nSPS) is 24.9. The van der Waals surface area contributed by atoms with E-state index in [2.05, 4.69) is 5.32 Å². The van der Waals surface area contributed by atoms with Crippen LogP contribution in [0.1, 0.15) is 12.0 Å². The fourth-order valence-corrected chi connectivity index (χ4v) is 3.52. The Bertz CT molecular complexity index is 920. The summed E-state index contributed by atoms with van der Waals surface area (Å²) < 4.78 is 0.